The predicted octanol–water partition coefficient (Wildman–Crippen LogP) is 6.72. The van der Waals surface area contributed by atoms with Crippen LogP contribution >= 0.6 is 11.8 Å². The van der Waals surface area contributed by atoms with E-state index in [-0.39, 0.29) is 61.1 Å². The van der Waals surface area contributed by atoms with Gasteiger partial charge < -0.3 is 76.5 Å². The third-order valence-corrected chi connectivity index (χ3v) is 19.1. The van der Waals surface area contributed by atoms with Crippen LogP contribution in [-0.4, -0.2) is 240 Å². The molecule has 2 aromatic rings. The Kier molecular flexibility index (Phi) is 31.7. The van der Waals surface area contributed by atoms with Crippen LogP contribution in [-0.2, 0) is 98.3 Å². The highest BCUT2D eigenvalue weighted by atomic mass is 32.2. The Balaban J connectivity index is 0.629. The Hall–Kier alpha value is -3.83. The number of aliphatic hydroxyl groups excluding tert-OH is 2. The van der Waals surface area contributed by atoms with Gasteiger partial charge in [-0.3, -0.25) is 19.2 Å². The average molecular weight is 1310 g/mol. The molecule has 20 nitrogen and oxygen atoms in total. The Morgan fingerprint density at radius 3 is 1.63 bits per heavy atom. The number of thioether (sulfide) groups is 1. The second kappa shape index (κ2) is 38.7. The molecule has 23 heteroatoms. The van der Waals surface area contributed by atoms with Gasteiger partial charge in [0.1, 0.15) is 24.3 Å². The van der Waals surface area contributed by atoms with Gasteiger partial charge in [0.25, 0.3) is 0 Å². The monoisotopic (exact) mass is 1300 g/mol. The minimum atomic E-state index is -2.33. The van der Waals surface area contributed by atoms with Gasteiger partial charge in [-0.1, -0.05) is 61.5 Å². The Morgan fingerprint density at radius 2 is 1.13 bits per heavy atom. The summed E-state index contributed by atoms with van der Waals surface area (Å²) in [6.45, 7) is 15.2. The quantitative estimate of drug-likeness (QED) is 0.0654. The van der Waals surface area contributed by atoms with Crippen LogP contribution in [0.5, 0.6) is 0 Å². The Morgan fingerprint density at radius 1 is 0.648 bits per heavy atom. The van der Waals surface area contributed by atoms with Gasteiger partial charge in [0.15, 0.2) is 29.1 Å². The molecular weight excluding hydrogens is 1210 g/mol. The first kappa shape index (κ1) is 74.6. The first-order chi connectivity index (χ1) is 44.1. The lowest BCUT2D eigenvalue weighted by Gasteiger charge is -2.63. The molecule has 3 saturated carbocycles. The smallest absolute Gasteiger partial charge is 0.193 e. The highest BCUT2D eigenvalue weighted by Crippen LogP contribution is 2.72. The number of rotatable bonds is 49. The van der Waals surface area contributed by atoms with Crippen molar-refractivity contribution in [2.75, 3.05) is 171 Å². The zero-order valence-electron chi connectivity index (χ0n) is 53.6. The van der Waals surface area contributed by atoms with Gasteiger partial charge in [-0.05, 0) is 92.5 Å². The van der Waals surface area contributed by atoms with Crippen molar-refractivity contribution < 1.29 is 104 Å². The zero-order chi connectivity index (χ0) is 65.0. The van der Waals surface area contributed by atoms with Gasteiger partial charge in [-0.15, -0.1) is 0 Å². The van der Waals surface area contributed by atoms with Gasteiger partial charge in [0.2, 0.25) is 0 Å². The summed E-state index contributed by atoms with van der Waals surface area (Å²) in [6.07, 6.45) is 2.60. The molecule has 4 aliphatic carbocycles. The number of benzene rings is 2. The number of ether oxygens (including phenoxy) is 14. The van der Waals surface area contributed by atoms with Crippen LogP contribution in [0.4, 0.5) is 8.78 Å². The fourth-order valence-electron chi connectivity index (χ4n) is 13.3. The lowest BCUT2D eigenvalue weighted by atomic mass is 9.44. The molecule has 0 spiro atoms. The van der Waals surface area contributed by atoms with E-state index in [1.54, 1.807) is 18.7 Å². The number of Topliss-reactive ketones (excluding diaryl/α,β-unsaturated/α-hetero) is 3. The lowest BCUT2D eigenvalue weighted by Crippen LogP contribution is -2.70. The van der Waals surface area contributed by atoms with Crippen molar-refractivity contribution in [2.24, 2.45) is 22.7 Å². The number of aliphatic hydroxyl groups is 2. The van der Waals surface area contributed by atoms with E-state index in [4.69, 9.17) is 66.3 Å². The highest BCUT2D eigenvalue weighted by Gasteiger charge is 2.80. The van der Waals surface area contributed by atoms with Crippen LogP contribution in [0.25, 0.3) is 0 Å². The van der Waals surface area contributed by atoms with Crippen LogP contribution in [0.15, 0.2) is 72.3 Å². The van der Waals surface area contributed by atoms with Gasteiger partial charge in [0.05, 0.1) is 169 Å². The molecule has 0 bridgehead atoms. The fraction of sp³-hybridized carbons (Fsp3) is 0.706. The van der Waals surface area contributed by atoms with Crippen molar-refractivity contribution in [1.82, 2.24) is 0 Å². The summed E-state index contributed by atoms with van der Waals surface area (Å²) in [5, 5.41) is 22.2. The van der Waals surface area contributed by atoms with E-state index in [2.05, 4.69) is 0 Å². The third-order valence-electron chi connectivity index (χ3n) is 18.1. The number of carbonyl (C=O) groups excluding carboxylic acids is 4. The van der Waals surface area contributed by atoms with Crippen LogP contribution < -0.4 is 0 Å². The minimum absolute atomic E-state index is 0.0171. The predicted molar refractivity (Wildman–Crippen MR) is 334 cm³/mol. The molecule has 7 rings (SSSR count). The van der Waals surface area contributed by atoms with Gasteiger partial charge >= 0.3 is 0 Å². The van der Waals surface area contributed by atoms with E-state index in [9.17, 15) is 29.4 Å². The van der Waals surface area contributed by atoms with E-state index in [0.29, 0.717) is 170 Å². The summed E-state index contributed by atoms with van der Waals surface area (Å²) in [4.78, 5) is 50.9. The number of ketones is 4. The molecule has 4 fully saturated rings. The van der Waals surface area contributed by atoms with Gasteiger partial charge in [-0.25, -0.2) is 8.78 Å². The largest absolute Gasteiger partial charge is 0.390 e. The average Bonchev–Trinajstić information content (AvgIpc) is 1.58. The van der Waals surface area contributed by atoms with E-state index >= 15 is 8.78 Å². The number of allylic oxidation sites excluding steroid dienone is 4. The Bertz CT molecular complexity index is 2600. The van der Waals surface area contributed by atoms with Crippen LogP contribution in [0.1, 0.15) is 87.8 Å². The number of alkyl halides is 2. The summed E-state index contributed by atoms with van der Waals surface area (Å²) in [7, 11) is 0. The second-order valence-electron chi connectivity index (χ2n) is 24.0. The lowest BCUT2D eigenvalue weighted by molar-refractivity contribution is -0.235. The van der Waals surface area contributed by atoms with E-state index in [0.717, 1.165) is 29.2 Å². The molecule has 1 aliphatic heterocycles. The molecule has 11 atom stereocenters. The van der Waals surface area contributed by atoms with Crippen molar-refractivity contribution in [3.8, 4) is 0 Å². The molecule has 0 aromatic heterocycles. The second-order valence-corrected chi connectivity index (χ2v) is 25.2. The van der Waals surface area contributed by atoms with Gasteiger partial charge in [0, 0.05) is 48.2 Å². The molecule has 0 radical (unpaired) electrons. The topological polar surface area (TPSA) is 238 Å². The highest BCUT2D eigenvalue weighted by molar-refractivity contribution is 7.99. The minimum Gasteiger partial charge on any atom is -0.390 e. The molecule has 5 aliphatic rings. The van der Waals surface area contributed by atoms with Crippen molar-refractivity contribution in [3.05, 3.63) is 94.6 Å². The third kappa shape index (κ3) is 20.6. The van der Waals surface area contributed by atoms with Crippen LogP contribution in [0.3, 0.4) is 0 Å². The normalized spacial score (nSPS) is 26.9. The summed E-state index contributed by atoms with van der Waals surface area (Å²) in [5.74, 6) is -2.42. The molecule has 2 N–H and O–H groups in total. The molecule has 0 amide bonds. The first-order valence-corrected chi connectivity index (χ1v) is 33.5. The zero-order valence-corrected chi connectivity index (χ0v) is 54.5. The van der Waals surface area contributed by atoms with Crippen molar-refractivity contribution >= 4 is 34.9 Å². The molecule has 91 heavy (non-hydrogen) atoms. The maximum absolute atomic E-state index is 17.8. The summed E-state index contributed by atoms with van der Waals surface area (Å²) < 4.78 is 113. The first-order valence-electron chi connectivity index (χ1n) is 32.2. The molecular formula is C68H98F2O20S. The van der Waals surface area contributed by atoms with Crippen LogP contribution in [0, 0.1) is 22.7 Å². The van der Waals surface area contributed by atoms with E-state index < -0.39 is 76.8 Å². The molecule has 1 unspecified atom stereocenters. The van der Waals surface area contributed by atoms with E-state index in [1.807, 2.05) is 61.7 Å². The maximum Gasteiger partial charge on any atom is 0.193 e. The standard InChI is InChI=1S/C68H98F2O20S/c1-49(91-4)60(74)9-6-17-77-19-21-79-23-25-81-27-29-83-31-33-85-35-37-87-39-40-88-38-36-86-34-32-84-30-28-82-26-24-80-22-20-78-18-15-55(73)43-52-8-5-7-51(42-52)41-50-10-12-53(13-11-50)64-89-63-46-56-57-45-59(69)58-44-54(72)14-16-65(58,2)67(57,70)61(75)47-66(56,3)68(63,90-64)62(76)48-71/h5,7-8,10-14,16,42,44,49,56-57,59,61,63-64,71,75H,6,9,15,17-41,43,45-48H2,1-4H3/t49?,56-,57-,59-,61-,63+,64+,65-,66-,67-,68+/m0/s1. The van der Waals surface area contributed by atoms with Crippen molar-refractivity contribution in [1.29, 1.82) is 0 Å². The summed E-state index contributed by atoms with van der Waals surface area (Å²) >= 11 is 1.57. The number of halogens is 2. The SMILES string of the molecule is CSC(C)C(=O)CCCOCCOCCOCCOCCOCCOCCOCCOCCOCCOCCOCCOCCC(=O)Cc1cccc(Cc2ccc([C@@H]3O[C@@H]4C[C@H]5[C@@H]6C[C@H](F)C7=CC(=O)C=C[C@]7(C)[C@@]6(F)[C@@H](O)C[C@]5(C)[C@]4(C(=O)CO)O3)cc2)c1. The van der Waals surface area contributed by atoms with Gasteiger partial charge in [-0.2, -0.15) is 11.8 Å². The molecule has 510 valence electrons. The number of hydrogen-bond acceptors (Lipinski definition) is 21. The number of carbonyl (C=O) groups is 4. The Labute approximate surface area is 539 Å². The van der Waals surface area contributed by atoms with Crippen LogP contribution in [0.2, 0.25) is 0 Å². The number of hydrogen-bond donors (Lipinski definition) is 2. The molecule has 1 saturated heterocycles. The maximum atomic E-state index is 17.8. The van der Waals surface area contributed by atoms with E-state index in [1.165, 1.54) is 19.1 Å². The number of fused-ring (bicyclic) bond motifs is 7. The van der Waals surface area contributed by atoms with Crippen molar-refractivity contribution in [2.45, 2.75) is 113 Å². The summed E-state index contributed by atoms with van der Waals surface area (Å²) in [6, 6.07) is 15.4. The molecule has 2 aromatic carbocycles. The molecule has 1 heterocycles. The van der Waals surface area contributed by atoms with Crippen molar-refractivity contribution in [3.63, 3.8) is 0 Å². The fourth-order valence-corrected chi connectivity index (χ4v) is 13.7. The summed E-state index contributed by atoms with van der Waals surface area (Å²) in [5.41, 5.74) is -3.32.